The number of nitrogens with zero attached hydrogens (tertiary/aromatic N) is 1. The fourth-order valence-electron chi connectivity index (χ4n) is 2.75. The maximum absolute atomic E-state index is 12.4. The highest BCUT2D eigenvalue weighted by Gasteiger charge is 2.25. The van der Waals surface area contributed by atoms with Gasteiger partial charge in [0.1, 0.15) is 5.75 Å². The minimum atomic E-state index is -1.06. The third-order valence-corrected chi connectivity index (χ3v) is 5.21. The molecule has 8 nitrogen and oxygen atoms in total. The summed E-state index contributed by atoms with van der Waals surface area (Å²) in [4.78, 5) is 40.4. The highest BCUT2D eigenvalue weighted by atomic mass is 32.2. The molecule has 1 heterocycles. The summed E-state index contributed by atoms with van der Waals surface area (Å²) in [5.41, 5.74) is 1.22. The van der Waals surface area contributed by atoms with Crippen molar-refractivity contribution in [2.45, 2.75) is 19.4 Å². The molecule has 31 heavy (non-hydrogen) atoms. The van der Waals surface area contributed by atoms with Crippen LogP contribution in [0.5, 0.6) is 5.75 Å². The molecule has 0 saturated carbocycles. The van der Waals surface area contributed by atoms with E-state index in [9.17, 15) is 19.5 Å². The van der Waals surface area contributed by atoms with Crippen LogP contribution >= 0.6 is 11.8 Å². The molecule has 1 fully saturated rings. The number of benzene rings is 2. The van der Waals surface area contributed by atoms with Gasteiger partial charge in [-0.3, -0.25) is 4.79 Å². The van der Waals surface area contributed by atoms with Gasteiger partial charge < -0.3 is 19.9 Å². The van der Waals surface area contributed by atoms with Crippen molar-refractivity contribution in [2.75, 3.05) is 7.11 Å². The van der Waals surface area contributed by atoms with Gasteiger partial charge in [-0.25, -0.2) is 14.6 Å². The maximum Gasteiger partial charge on any atom is 0.344 e. The molecule has 0 spiro atoms. The van der Waals surface area contributed by atoms with Gasteiger partial charge in [0.25, 0.3) is 5.91 Å². The van der Waals surface area contributed by atoms with E-state index in [1.807, 2.05) is 0 Å². The standard InChI is InChI=1S/C22H20N2O6S/c1-3-16(20(26)27)30-17-11-7-4-8-13(17)12-18-19(25)24-22(31-18)23-15-10-6-5-9-14(15)21(28)29-2/h4-12,16H,3H2,1-2H3,(H,26,27)(H,23,24,25)/b18-12+. The average Bonchev–Trinajstić information content (AvgIpc) is 3.11. The van der Waals surface area contributed by atoms with Crippen molar-refractivity contribution in [3.63, 3.8) is 0 Å². The van der Waals surface area contributed by atoms with Crippen LogP contribution in [0.25, 0.3) is 6.08 Å². The fraction of sp³-hybridized carbons (Fsp3) is 0.182. The second kappa shape index (κ2) is 9.94. The molecule has 0 aromatic heterocycles. The number of carboxylic acid groups (broad SMARTS) is 1. The second-order valence-corrected chi connectivity index (χ2v) is 7.41. The van der Waals surface area contributed by atoms with Gasteiger partial charge in [0.05, 0.1) is 23.3 Å². The number of thioether (sulfide) groups is 1. The number of aliphatic carboxylic acids is 1. The van der Waals surface area contributed by atoms with Gasteiger partial charge >= 0.3 is 11.9 Å². The normalized spacial score (nSPS) is 16.8. The molecule has 1 unspecified atom stereocenters. The molecule has 9 heteroatoms. The van der Waals surface area contributed by atoms with Crippen LogP contribution in [0.1, 0.15) is 29.3 Å². The average molecular weight is 440 g/mol. The predicted molar refractivity (Wildman–Crippen MR) is 117 cm³/mol. The highest BCUT2D eigenvalue weighted by Crippen LogP contribution is 2.32. The summed E-state index contributed by atoms with van der Waals surface area (Å²) in [5, 5.41) is 12.2. The smallest absolute Gasteiger partial charge is 0.344 e. The number of nitrogens with one attached hydrogen (secondary N) is 1. The molecule has 0 radical (unpaired) electrons. The highest BCUT2D eigenvalue weighted by molar-refractivity contribution is 8.18. The largest absolute Gasteiger partial charge is 0.479 e. The summed E-state index contributed by atoms with van der Waals surface area (Å²) < 4.78 is 10.4. The Morgan fingerprint density at radius 3 is 2.61 bits per heavy atom. The summed E-state index contributed by atoms with van der Waals surface area (Å²) in [7, 11) is 1.28. The number of amidine groups is 1. The van der Waals surface area contributed by atoms with E-state index < -0.39 is 18.0 Å². The van der Waals surface area contributed by atoms with Crippen molar-refractivity contribution < 1.29 is 29.0 Å². The first-order chi connectivity index (χ1) is 14.9. The molecule has 2 aromatic rings. The third kappa shape index (κ3) is 5.32. The van der Waals surface area contributed by atoms with Gasteiger partial charge in [0.15, 0.2) is 11.3 Å². The summed E-state index contributed by atoms with van der Waals surface area (Å²) in [6.07, 6.45) is 0.918. The molecule has 3 rings (SSSR count). The van der Waals surface area contributed by atoms with Crippen molar-refractivity contribution >= 4 is 46.5 Å². The Balaban J connectivity index is 1.88. The number of esters is 1. The molecular formula is C22H20N2O6S. The van der Waals surface area contributed by atoms with Crippen LogP contribution in [0.3, 0.4) is 0 Å². The first kappa shape index (κ1) is 22.1. The number of methoxy groups -OCH3 is 1. The molecule has 1 amide bonds. The summed E-state index contributed by atoms with van der Waals surface area (Å²) in [6.45, 7) is 1.72. The number of aliphatic imine (C=N–C) groups is 1. The van der Waals surface area contributed by atoms with E-state index >= 15 is 0 Å². The first-order valence-electron chi connectivity index (χ1n) is 9.38. The van der Waals surface area contributed by atoms with E-state index in [0.29, 0.717) is 33.5 Å². The molecule has 1 saturated heterocycles. The van der Waals surface area contributed by atoms with Crippen molar-refractivity contribution in [1.29, 1.82) is 0 Å². The van der Waals surface area contributed by atoms with Crippen LogP contribution in [0.4, 0.5) is 5.69 Å². The summed E-state index contributed by atoms with van der Waals surface area (Å²) >= 11 is 1.10. The zero-order chi connectivity index (χ0) is 22.4. The summed E-state index contributed by atoms with van der Waals surface area (Å²) in [5.74, 6) is -1.59. The van der Waals surface area contributed by atoms with Gasteiger partial charge in [-0.2, -0.15) is 0 Å². The molecule has 160 valence electrons. The Hall–Kier alpha value is -3.59. The SMILES string of the molecule is CCC(Oc1ccccc1/C=C1/SC(=Nc2ccccc2C(=O)OC)NC1=O)C(=O)O. The van der Waals surface area contributed by atoms with Gasteiger partial charge in [0.2, 0.25) is 0 Å². The minimum Gasteiger partial charge on any atom is -0.479 e. The number of amides is 1. The lowest BCUT2D eigenvalue weighted by Crippen LogP contribution is -2.26. The number of para-hydroxylation sites is 2. The zero-order valence-corrected chi connectivity index (χ0v) is 17.6. The number of ether oxygens (including phenoxy) is 2. The third-order valence-electron chi connectivity index (χ3n) is 4.30. The number of carbonyl (C=O) groups is 3. The van der Waals surface area contributed by atoms with Crippen molar-refractivity contribution in [3.8, 4) is 5.75 Å². The Morgan fingerprint density at radius 2 is 1.90 bits per heavy atom. The Kier molecular flexibility index (Phi) is 7.09. The van der Waals surface area contributed by atoms with Crippen molar-refractivity contribution in [3.05, 3.63) is 64.6 Å². The Morgan fingerprint density at radius 1 is 1.19 bits per heavy atom. The quantitative estimate of drug-likeness (QED) is 0.499. The lowest BCUT2D eigenvalue weighted by atomic mass is 10.1. The maximum atomic E-state index is 12.4. The van der Waals surface area contributed by atoms with Crippen LogP contribution < -0.4 is 10.1 Å². The lowest BCUT2D eigenvalue weighted by molar-refractivity contribution is -0.145. The number of hydrogen-bond acceptors (Lipinski definition) is 7. The summed E-state index contributed by atoms with van der Waals surface area (Å²) in [6, 6.07) is 13.5. The van der Waals surface area contributed by atoms with Gasteiger partial charge in [-0.05, 0) is 42.5 Å². The first-order valence-corrected chi connectivity index (χ1v) is 10.2. The molecule has 0 aliphatic carbocycles. The number of rotatable bonds is 7. The van der Waals surface area contributed by atoms with Crippen molar-refractivity contribution in [1.82, 2.24) is 5.32 Å². The van der Waals surface area contributed by atoms with Gasteiger partial charge in [-0.1, -0.05) is 37.3 Å². The Bertz CT molecular complexity index is 1080. The van der Waals surface area contributed by atoms with E-state index in [-0.39, 0.29) is 11.5 Å². The van der Waals surface area contributed by atoms with Crippen LogP contribution in [-0.2, 0) is 14.3 Å². The number of hydrogen-bond donors (Lipinski definition) is 2. The van der Waals surface area contributed by atoms with Crippen molar-refractivity contribution in [2.24, 2.45) is 4.99 Å². The van der Waals surface area contributed by atoms with E-state index in [4.69, 9.17) is 9.47 Å². The van der Waals surface area contributed by atoms with Crippen LogP contribution in [0, 0.1) is 0 Å². The minimum absolute atomic E-state index is 0.280. The number of carbonyl (C=O) groups excluding carboxylic acids is 2. The molecular weight excluding hydrogens is 420 g/mol. The zero-order valence-electron chi connectivity index (χ0n) is 16.8. The molecule has 1 aliphatic rings. The number of carboxylic acids is 1. The molecule has 2 N–H and O–H groups in total. The topological polar surface area (TPSA) is 114 Å². The Labute approximate surface area is 183 Å². The van der Waals surface area contributed by atoms with Crippen LogP contribution in [0.2, 0.25) is 0 Å². The molecule has 1 aliphatic heterocycles. The molecule has 0 bridgehead atoms. The van der Waals surface area contributed by atoms with E-state index in [1.54, 1.807) is 61.5 Å². The molecule has 1 atom stereocenters. The monoisotopic (exact) mass is 440 g/mol. The van der Waals surface area contributed by atoms with E-state index in [2.05, 4.69) is 10.3 Å². The van der Waals surface area contributed by atoms with Crippen LogP contribution in [-0.4, -0.2) is 41.3 Å². The lowest BCUT2D eigenvalue weighted by Gasteiger charge is -2.15. The molecule has 2 aromatic carbocycles. The predicted octanol–water partition coefficient (Wildman–Crippen LogP) is 3.61. The van der Waals surface area contributed by atoms with E-state index in [1.165, 1.54) is 7.11 Å². The van der Waals surface area contributed by atoms with Gasteiger partial charge in [0, 0.05) is 5.56 Å². The van der Waals surface area contributed by atoms with Crippen LogP contribution in [0.15, 0.2) is 58.4 Å². The fourth-order valence-corrected chi connectivity index (χ4v) is 3.58. The second-order valence-electron chi connectivity index (χ2n) is 6.38. The van der Waals surface area contributed by atoms with Gasteiger partial charge in [-0.15, -0.1) is 0 Å². The van der Waals surface area contributed by atoms with E-state index in [0.717, 1.165) is 11.8 Å².